The Kier molecular flexibility index (Phi) is 4.94. The van der Waals surface area contributed by atoms with Crippen molar-refractivity contribution in [1.82, 2.24) is 4.72 Å². The van der Waals surface area contributed by atoms with Gasteiger partial charge in [0.25, 0.3) is 0 Å². The van der Waals surface area contributed by atoms with Gasteiger partial charge in [-0.25, -0.2) is 13.1 Å². The highest BCUT2D eigenvalue weighted by atomic mass is 32.2. The van der Waals surface area contributed by atoms with Crippen LogP contribution < -0.4 is 4.72 Å². The lowest BCUT2D eigenvalue weighted by molar-refractivity contribution is 0.285. The Labute approximate surface area is 113 Å². The molecule has 1 aromatic rings. The molecule has 0 atom stereocenters. The lowest BCUT2D eigenvalue weighted by Gasteiger charge is -2.17. The van der Waals surface area contributed by atoms with Crippen LogP contribution in [0.3, 0.4) is 0 Å². The summed E-state index contributed by atoms with van der Waals surface area (Å²) in [5.74, 6) is 0. The van der Waals surface area contributed by atoms with Crippen molar-refractivity contribution in [1.29, 1.82) is 0 Å². The maximum absolute atomic E-state index is 12.0. The van der Waals surface area contributed by atoms with Crippen LogP contribution in [0.4, 0.5) is 0 Å². The molecule has 104 valence electrons. The average molecular weight is 291 g/mol. The van der Waals surface area contributed by atoms with Crippen LogP contribution in [0.15, 0.2) is 10.3 Å². The zero-order valence-electron chi connectivity index (χ0n) is 11.3. The average Bonchev–Trinajstić information content (AvgIpc) is 2.58. The summed E-state index contributed by atoms with van der Waals surface area (Å²) in [6, 6.07) is 1.61. The molecular formula is C12H21NO3S2. The molecule has 0 saturated heterocycles. The fourth-order valence-corrected chi connectivity index (χ4v) is 3.93. The molecule has 0 aliphatic rings. The predicted octanol–water partition coefficient (Wildman–Crippen LogP) is 2.26. The molecule has 0 unspecified atom stereocenters. The second-order valence-electron chi connectivity index (χ2n) is 5.54. The van der Waals surface area contributed by atoms with Crippen LogP contribution in [0.25, 0.3) is 0 Å². The molecule has 0 saturated carbocycles. The monoisotopic (exact) mass is 291 g/mol. The van der Waals surface area contributed by atoms with E-state index in [1.165, 1.54) is 0 Å². The first-order valence-electron chi connectivity index (χ1n) is 5.85. The third kappa shape index (κ3) is 4.35. The molecule has 0 aliphatic carbocycles. The molecule has 1 rings (SSSR count). The highest BCUT2D eigenvalue weighted by Gasteiger charge is 2.19. The first-order valence-corrected chi connectivity index (χ1v) is 8.15. The maximum Gasteiger partial charge on any atom is 0.250 e. The van der Waals surface area contributed by atoms with E-state index in [-0.39, 0.29) is 16.2 Å². The zero-order valence-corrected chi connectivity index (χ0v) is 12.9. The summed E-state index contributed by atoms with van der Waals surface area (Å²) in [5, 5.41) is 9.08. The van der Waals surface area contributed by atoms with Crippen LogP contribution >= 0.6 is 11.3 Å². The Morgan fingerprint density at radius 1 is 1.39 bits per heavy atom. The van der Waals surface area contributed by atoms with Crippen LogP contribution in [0.5, 0.6) is 0 Å². The van der Waals surface area contributed by atoms with E-state index in [1.54, 1.807) is 13.0 Å². The van der Waals surface area contributed by atoms with Crippen LogP contribution in [-0.2, 0) is 16.6 Å². The van der Waals surface area contributed by atoms with Gasteiger partial charge in [-0.1, -0.05) is 20.8 Å². The molecule has 4 nitrogen and oxygen atoms in total. The van der Waals surface area contributed by atoms with Crippen molar-refractivity contribution >= 4 is 21.4 Å². The Hall–Kier alpha value is -0.430. The van der Waals surface area contributed by atoms with Crippen molar-refractivity contribution < 1.29 is 13.5 Å². The van der Waals surface area contributed by atoms with E-state index in [9.17, 15) is 8.42 Å². The summed E-state index contributed by atoms with van der Waals surface area (Å²) < 4.78 is 26.9. The Morgan fingerprint density at radius 3 is 2.44 bits per heavy atom. The van der Waals surface area contributed by atoms with E-state index in [0.717, 1.165) is 23.3 Å². The second-order valence-corrected chi connectivity index (χ2v) is 8.67. The number of hydrogen-bond acceptors (Lipinski definition) is 4. The Balaban J connectivity index is 2.74. The van der Waals surface area contributed by atoms with Gasteiger partial charge in [-0.05, 0) is 30.4 Å². The third-order valence-electron chi connectivity index (χ3n) is 2.57. The predicted molar refractivity (Wildman–Crippen MR) is 74.2 cm³/mol. The van der Waals surface area contributed by atoms with Gasteiger partial charge in [0.15, 0.2) is 0 Å². The van der Waals surface area contributed by atoms with Gasteiger partial charge < -0.3 is 5.11 Å². The minimum absolute atomic E-state index is 0.101. The van der Waals surface area contributed by atoms with Crippen molar-refractivity contribution in [2.75, 3.05) is 6.54 Å². The van der Waals surface area contributed by atoms with Crippen LogP contribution in [-0.4, -0.2) is 20.1 Å². The number of rotatable bonds is 5. The van der Waals surface area contributed by atoms with Crippen LogP contribution in [0, 0.1) is 12.3 Å². The molecule has 1 heterocycles. The van der Waals surface area contributed by atoms with Crippen molar-refractivity contribution in [3.05, 3.63) is 16.5 Å². The molecule has 18 heavy (non-hydrogen) atoms. The highest BCUT2D eigenvalue weighted by molar-refractivity contribution is 7.91. The quantitative estimate of drug-likeness (QED) is 0.874. The molecule has 1 aromatic heterocycles. The van der Waals surface area contributed by atoms with Gasteiger partial charge in [0, 0.05) is 11.4 Å². The van der Waals surface area contributed by atoms with Gasteiger partial charge in [0.2, 0.25) is 10.0 Å². The summed E-state index contributed by atoms with van der Waals surface area (Å²) in [7, 11) is -3.44. The molecular weight excluding hydrogens is 270 g/mol. The van der Waals surface area contributed by atoms with Gasteiger partial charge in [-0.2, -0.15) is 0 Å². The third-order valence-corrected chi connectivity index (χ3v) is 5.73. The normalized spacial score (nSPS) is 12.9. The SMILES string of the molecule is Cc1cc(S(=O)(=O)NCCC(C)(C)C)sc1CO. The minimum atomic E-state index is -3.44. The standard InChI is InChI=1S/C12H21NO3S2/c1-9-7-11(17-10(9)8-14)18(15,16)13-6-5-12(2,3)4/h7,13-14H,5-6,8H2,1-4H3. The number of hydrogen-bond donors (Lipinski definition) is 2. The molecule has 0 amide bonds. The summed E-state index contributed by atoms with van der Waals surface area (Å²) in [4.78, 5) is 0.700. The van der Waals surface area contributed by atoms with E-state index in [4.69, 9.17) is 5.11 Å². The lowest BCUT2D eigenvalue weighted by Crippen LogP contribution is -2.26. The molecule has 0 aromatic carbocycles. The Morgan fingerprint density at radius 2 is 2.00 bits per heavy atom. The topological polar surface area (TPSA) is 66.4 Å². The molecule has 0 aliphatic heterocycles. The van der Waals surface area contributed by atoms with Crippen molar-refractivity contribution in [3.63, 3.8) is 0 Å². The van der Waals surface area contributed by atoms with Crippen molar-refractivity contribution in [2.24, 2.45) is 5.41 Å². The smallest absolute Gasteiger partial charge is 0.250 e. The maximum atomic E-state index is 12.0. The first kappa shape index (κ1) is 15.6. The summed E-state index contributed by atoms with van der Waals surface area (Å²) in [6.07, 6.45) is 0.781. The molecule has 0 spiro atoms. The number of nitrogens with one attached hydrogen (secondary N) is 1. The highest BCUT2D eigenvalue weighted by Crippen LogP contribution is 2.26. The second kappa shape index (κ2) is 5.69. The van der Waals surface area contributed by atoms with Crippen LogP contribution in [0.2, 0.25) is 0 Å². The molecule has 2 N–H and O–H groups in total. The molecule has 0 bridgehead atoms. The van der Waals surface area contributed by atoms with Crippen molar-refractivity contribution in [3.8, 4) is 0 Å². The van der Waals surface area contributed by atoms with Gasteiger partial charge in [-0.15, -0.1) is 11.3 Å². The number of aryl methyl sites for hydroxylation is 1. The summed E-state index contributed by atoms with van der Waals surface area (Å²) in [6.45, 7) is 8.32. The van der Waals surface area contributed by atoms with Gasteiger partial charge >= 0.3 is 0 Å². The minimum Gasteiger partial charge on any atom is -0.391 e. The summed E-state index contributed by atoms with van der Waals surface area (Å²) >= 11 is 1.12. The zero-order chi connectivity index (χ0) is 14.0. The van der Waals surface area contributed by atoms with E-state index in [1.807, 2.05) is 0 Å². The van der Waals surface area contributed by atoms with Gasteiger partial charge in [0.05, 0.1) is 6.61 Å². The van der Waals surface area contributed by atoms with E-state index >= 15 is 0 Å². The molecule has 0 radical (unpaired) electrons. The fourth-order valence-electron chi connectivity index (χ4n) is 1.41. The number of thiophene rings is 1. The first-order chi connectivity index (χ1) is 8.15. The largest absolute Gasteiger partial charge is 0.391 e. The van der Waals surface area contributed by atoms with Crippen molar-refractivity contribution in [2.45, 2.75) is 44.9 Å². The van der Waals surface area contributed by atoms with E-state index < -0.39 is 10.0 Å². The summed E-state index contributed by atoms with van der Waals surface area (Å²) in [5.41, 5.74) is 0.920. The molecule has 6 heteroatoms. The Bertz CT molecular complexity index is 498. The number of aliphatic hydroxyl groups excluding tert-OH is 1. The van der Waals surface area contributed by atoms with Gasteiger partial charge in [0.1, 0.15) is 4.21 Å². The molecule has 0 fully saturated rings. The van der Waals surface area contributed by atoms with Gasteiger partial charge in [-0.3, -0.25) is 0 Å². The van der Waals surface area contributed by atoms with E-state index in [2.05, 4.69) is 25.5 Å². The van der Waals surface area contributed by atoms with Crippen LogP contribution in [0.1, 0.15) is 37.6 Å². The van der Waals surface area contributed by atoms with E-state index in [0.29, 0.717) is 11.4 Å². The number of aliphatic hydroxyl groups is 1. The number of sulfonamides is 1. The fraction of sp³-hybridized carbons (Fsp3) is 0.667. The lowest BCUT2D eigenvalue weighted by atomic mass is 9.93.